The third-order valence-corrected chi connectivity index (χ3v) is 3.94. The van der Waals surface area contributed by atoms with E-state index in [1.54, 1.807) is 0 Å². The minimum Gasteiger partial charge on any atom is -0.457 e. The first-order valence-corrected chi connectivity index (χ1v) is 7.35. The van der Waals surface area contributed by atoms with Crippen molar-refractivity contribution in [3.63, 3.8) is 0 Å². The third-order valence-electron chi connectivity index (χ3n) is 3.94. The Bertz CT molecular complexity index is 346. The van der Waals surface area contributed by atoms with Gasteiger partial charge in [-0.15, -0.1) is 0 Å². The normalized spacial score (nSPS) is 26.7. The summed E-state index contributed by atoms with van der Waals surface area (Å²) in [7, 11) is 0. The zero-order chi connectivity index (χ0) is 14.3. The fraction of sp³-hybridized carbons (Fsp3) is 0.750. The number of aldehydes is 1. The van der Waals surface area contributed by atoms with Crippen LogP contribution in [0.25, 0.3) is 0 Å². The lowest BCUT2D eigenvalue weighted by Crippen LogP contribution is -2.38. The Morgan fingerprint density at radius 2 is 2.21 bits per heavy atom. The maximum absolute atomic E-state index is 11.3. The van der Waals surface area contributed by atoms with Gasteiger partial charge in [-0.1, -0.05) is 31.8 Å². The van der Waals surface area contributed by atoms with Gasteiger partial charge in [0, 0.05) is 6.92 Å². The van der Waals surface area contributed by atoms with Crippen LogP contribution in [0.2, 0.25) is 0 Å². The predicted molar refractivity (Wildman–Crippen MR) is 75.8 cm³/mol. The molecule has 2 atom stereocenters. The number of unbranched alkanes of at least 4 members (excludes halogenated alkanes) is 3. The number of carbonyl (C=O) groups excluding carboxylic acids is 2. The lowest BCUT2D eigenvalue weighted by molar-refractivity contribution is -0.151. The molecule has 0 aromatic carbocycles. The van der Waals surface area contributed by atoms with E-state index in [0.717, 1.165) is 25.5 Å². The summed E-state index contributed by atoms with van der Waals surface area (Å²) in [6.07, 6.45) is 10.3. The van der Waals surface area contributed by atoms with Crippen LogP contribution in [-0.4, -0.2) is 18.4 Å². The minimum absolute atomic E-state index is 0.318. The Kier molecular flexibility index (Phi) is 6.26. The zero-order valence-electron chi connectivity index (χ0n) is 12.4. The molecule has 0 unspecified atom stereocenters. The number of carbonyl (C=O) groups is 2. The van der Waals surface area contributed by atoms with Gasteiger partial charge < -0.3 is 9.53 Å². The number of hydrogen-bond acceptors (Lipinski definition) is 3. The van der Waals surface area contributed by atoms with E-state index in [4.69, 9.17) is 4.74 Å². The second-order valence-electron chi connectivity index (χ2n) is 5.79. The zero-order valence-corrected chi connectivity index (χ0v) is 12.4. The Balaban J connectivity index is 2.63. The Morgan fingerprint density at radius 3 is 2.79 bits per heavy atom. The van der Waals surface area contributed by atoms with E-state index in [2.05, 4.69) is 6.92 Å². The van der Waals surface area contributed by atoms with E-state index in [0.29, 0.717) is 0 Å². The molecule has 0 amide bonds. The first-order chi connectivity index (χ1) is 9.01. The van der Waals surface area contributed by atoms with Crippen LogP contribution in [0.3, 0.4) is 0 Å². The van der Waals surface area contributed by atoms with Crippen LogP contribution in [0, 0.1) is 5.41 Å². The molecule has 3 heteroatoms. The second-order valence-corrected chi connectivity index (χ2v) is 5.79. The van der Waals surface area contributed by atoms with Gasteiger partial charge in [0.25, 0.3) is 0 Å². The molecule has 0 aromatic heterocycles. The molecular formula is C16H26O3. The molecule has 0 N–H and O–H groups in total. The smallest absolute Gasteiger partial charge is 0.303 e. The highest BCUT2D eigenvalue weighted by Gasteiger charge is 2.38. The van der Waals surface area contributed by atoms with E-state index in [1.165, 1.54) is 38.2 Å². The number of rotatable bonds is 7. The van der Waals surface area contributed by atoms with Gasteiger partial charge in [0.15, 0.2) is 0 Å². The summed E-state index contributed by atoms with van der Waals surface area (Å²) >= 11 is 0. The molecule has 1 aliphatic carbocycles. The molecule has 3 nitrogen and oxygen atoms in total. The quantitative estimate of drug-likeness (QED) is 0.304. The standard InChI is InChI=1S/C16H26O3/c1-4-5-6-7-8-14-9-10-16(3,12-17)15(11-14)19-13(2)18/h11-12,15H,4-10H2,1-3H3/t15-,16-/m1/s1. The summed E-state index contributed by atoms with van der Waals surface area (Å²) < 4.78 is 5.31. The van der Waals surface area contributed by atoms with Gasteiger partial charge in [-0.05, 0) is 38.7 Å². The van der Waals surface area contributed by atoms with Gasteiger partial charge in [0.1, 0.15) is 12.4 Å². The molecule has 0 aliphatic heterocycles. The molecule has 0 fully saturated rings. The number of allylic oxidation sites excluding steroid dienone is 1. The van der Waals surface area contributed by atoms with Gasteiger partial charge in [-0.3, -0.25) is 4.79 Å². The van der Waals surface area contributed by atoms with Crippen molar-refractivity contribution in [2.24, 2.45) is 5.41 Å². The van der Waals surface area contributed by atoms with Gasteiger partial charge >= 0.3 is 5.97 Å². The first kappa shape index (κ1) is 15.9. The fourth-order valence-electron chi connectivity index (χ4n) is 2.52. The monoisotopic (exact) mass is 266 g/mol. The van der Waals surface area contributed by atoms with E-state index in [9.17, 15) is 9.59 Å². The highest BCUT2D eigenvalue weighted by atomic mass is 16.5. The van der Waals surface area contributed by atoms with Crippen molar-refractivity contribution in [2.75, 3.05) is 0 Å². The SMILES string of the molecule is CCCCCCC1=C[C@@H](OC(C)=O)[C@@](C)(C=O)CC1. The Hall–Kier alpha value is -1.12. The van der Waals surface area contributed by atoms with Crippen LogP contribution >= 0.6 is 0 Å². The predicted octanol–water partition coefficient (Wildman–Crippen LogP) is 3.81. The third kappa shape index (κ3) is 4.81. The fourth-order valence-corrected chi connectivity index (χ4v) is 2.52. The topological polar surface area (TPSA) is 43.4 Å². The molecule has 0 aromatic rings. The van der Waals surface area contributed by atoms with Crippen molar-refractivity contribution in [3.8, 4) is 0 Å². The lowest BCUT2D eigenvalue weighted by Gasteiger charge is -2.35. The average molecular weight is 266 g/mol. The Labute approximate surface area is 116 Å². The highest BCUT2D eigenvalue weighted by molar-refractivity contribution is 5.68. The van der Waals surface area contributed by atoms with Crippen molar-refractivity contribution >= 4 is 12.3 Å². The summed E-state index contributed by atoms with van der Waals surface area (Å²) in [6, 6.07) is 0. The first-order valence-electron chi connectivity index (χ1n) is 7.35. The van der Waals surface area contributed by atoms with Crippen LogP contribution in [-0.2, 0) is 14.3 Å². The van der Waals surface area contributed by atoms with Gasteiger partial charge in [-0.25, -0.2) is 0 Å². The number of esters is 1. The van der Waals surface area contributed by atoms with Crippen molar-refractivity contribution in [3.05, 3.63) is 11.6 Å². The molecule has 108 valence electrons. The van der Waals surface area contributed by atoms with Crippen LogP contribution in [0.5, 0.6) is 0 Å². The van der Waals surface area contributed by atoms with Gasteiger partial charge in [-0.2, -0.15) is 0 Å². The second kappa shape index (κ2) is 7.46. The summed E-state index contributed by atoms with van der Waals surface area (Å²) in [4.78, 5) is 22.4. The summed E-state index contributed by atoms with van der Waals surface area (Å²) in [6.45, 7) is 5.47. The van der Waals surface area contributed by atoms with E-state index in [1.807, 2.05) is 13.0 Å². The van der Waals surface area contributed by atoms with Crippen LogP contribution < -0.4 is 0 Å². The largest absolute Gasteiger partial charge is 0.457 e. The maximum Gasteiger partial charge on any atom is 0.303 e. The minimum atomic E-state index is -0.557. The number of ether oxygens (including phenoxy) is 1. The summed E-state index contributed by atoms with van der Waals surface area (Å²) in [5.74, 6) is -0.318. The molecule has 0 saturated heterocycles. The van der Waals surface area contributed by atoms with Crippen LogP contribution in [0.1, 0.15) is 65.7 Å². The molecule has 0 spiro atoms. The van der Waals surface area contributed by atoms with E-state index in [-0.39, 0.29) is 5.97 Å². The highest BCUT2D eigenvalue weighted by Crippen LogP contribution is 2.37. The summed E-state index contributed by atoms with van der Waals surface area (Å²) in [5.41, 5.74) is 0.778. The molecule has 0 bridgehead atoms. The molecule has 1 aliphatic rings. The summed E-state index contributed by atoms with van der Waals surface area (Å²) in [5, 5.41) is 0. The van der Waals surface area contributed by atoms with Crippen molar-refractivity contribution in [2.45, 2.75) is 71.8 Å². The van der Waals surface area contributed by atoms with Crippen molar-refractivity contribution in [1.82, 2.24) is 0 Å². The van der Waals surface area contributed by atoms with Crippen LogP contribution in [0.4, 0.5) is 0 Å². The molecule has 0 heterocycles. The molecular weight excluding hydrogens is 240 g/mol. The Morgan fingerprint density at radius 1 is 1.47 bits per heavy atom. The molecule has 19 heavy (non-hydrogen) atoms. The van der Waals surface area contributed by atoms with E-state index < -0.39 is 11.5 Å². The lowest BCUT2D eigenvalue weighted by atomic mass is 9.74. The molecule has 1 rings (SSSR count). The van der Waals surface area contributed by atoms with Gasteiger partial charge in [0.05, 0.1) is 5.41 Å². The number of hydrogen-bond donors (Lipinski definition) is 0. The van der Waals surface area contributed by atoms with Gasteiger partial charge in [0.2, 0.25) is 0 Å². The molecule has 0 saturated carbocycles. The maximum atomic E-state index is 11.3. The van der Waals surface area contributed by atoms with Crippen molar-refractivity contribution in [1.29, 1.82) is 0 Å². The van der Waals surface area contributed by atoms with E-state index >= 15 is 0 Å². The van der Waals surface area contributed by atoms with Crippen molar-refractivity contribution < 1.29 is 14.3 Å². The molecule has 0 radical (unpaired) electrons. The average Bonchev–Trinajstić information content (AvgIpc) is 2.38. The van der Waals surface area contributed by atoms with Crippen LogP contribution in [0.15, 0.2) is 11.6 Å².